The monoisotopic (exact) mass is 460 g/mol. The molecule has 32 heavy (non-hydrogen) atoms. The Bertz CT molecular complexity index is 1320. The number of benzene rings is 2. The SMILES string of the molecule is Cc1cccc2c(=O)[nH]c(COC(=O)c3cc(S(=O)(=O)N(C)C)ccc3NCCO)nc12. The first kappa shape index (κ1) is 23.4. The van der Waals surface area contributed by atoms with Crippen molar-refractivity contribution in [2.45, 2.75) is 18.4 Å². The molecule has 1 aromatic heterocycles. The molecule has 0 bridgehead atoms. The molecule has 0 atom stereocenters. The summed E-state index contributed by atoms with van der Waals surface area (Å²) in [6, 6.07) is 9.22. The molecule has 1 heterocycles. The van der Waals surface area contributed by atoms with Crippen molar-refractivity contribution in [3.63, 3.8) is 0 Å². The van der Waals surface area contributed by atoms with Crippen molar-refractivity contribution in [2.24, 2.45) is 0 Å². The van der Waals surface area contributed by atoms with Gasteiger partial charge < -0.3 is 20.1 Å². The number of H-pyrrole nitrogens is 1. The van der Waals surface area contributed by atoms with E-state index < -0.39 is 16.0 Å². The number of hydrogen-bond donors (Lipinski definition) is 3. The van der Waals surface area contributed by atoms with E-state index in [9.17, 15) is 18.0 Å². The number of aromatic amines is 1. The number of hydrogen-bond acceptors (Lipinski definition) is 8. The maximum atomic E-state index is 12.8. The van der Waals surface area contributed by atoms with Crippen LogP contribution >= 0.6 is 0 Å². The molecule has 2 aromatic carbocycles. The van der Waals surface area contributed by atoms with E-state index in [1.54, 1.807) is 12.1 Å². The van der Waals surface area contributed by atoms with Crippen LogP contribution in [0, 0.1) is 6.92 Å². The molecule has 170 valence electrons. The zero-order valence-corrected chi connectivity index (χ0v) is 18.7. The zero-order valence-electron chi connectivity index (χ0n) is 17.9. The number of carbonyl (C=O) groups is 1. The number of ether oxygens (including phenoxy) is 1. The first-order chi connectivity index (χ1) is 15.1. The second kappa shape index (κ2) is 9.47. The number of aliphatic hydroxyl groups excluding tert-OH is 1. The Labute approximate surface area is 184 Å². The summed E-state index contributed by atoms with van der Waals surface area (Å²) in [7, 11) is -1.02. The Kier molecular flexibility index (Phi) is 6.92. The van der Waals surface area contributed by atoms with Gasteiger partial charge in [-0.15, -0.1) is 0 Å². The van der Waals surface area contributed by atoms with Gasteiger partial charge in [0.15, 0.2) is 0 Å². The van der Waals surface area contributed by atoms with Crippen LogP contribution in [0.3, 0.4) is 0 Å². The van der Waals surface area contributed by atoms with Gasteiger partial charge in [-0.2, -0.15) is 0 Å². The minimum absolute atomic E-state index is 0.0271. The van der Waals surface area contributed by atoms with Gasteiger partial charge in [0, 0.05) is 26.3 Å². The number of anilines is 1. The van der Waals surface area contributed by atoms with Crippen LogP contribution < -0.4 is 10.9 Å². The number of para-hydroxylation sites is 1. The molecule has 0 spiro atoms. The van der Waals surface area contributed by atoms with Crippen LogP contribution in [-0.4, -0.2) is 61.0 Å². The van der Waals surface area contributed by atoms with Crippen LogP contribution in [-0.2, 0) is 21.4 Å². The van der Waals surface area contributed by atoms with E-state index in [2.05, 4.69) is 15.3 Å². The van der Waals surface area contributed by atoms with Gasteiger partial charge in [-0.3, -0.25) is 4.79 Å². The molecule has 3 N–H and O–H groups in total. The van der Waals surface area contributed by atoms with Gasteiger partial charge in [-0.1, -0.05) is 12.1 Å². The summed E-state index contributed by atoms with van der Waals surface area (Å²) < 4.78 is 31.3. The van der Waals surface area contributed by atoms with Crippen molar-refractivity contribution in [3.8, 4) is 0 Å². The quantitative estimate of drug-likeness (QED) is 0.426. The number of rotatable bonds is 8. The number of esters is 1. The predicted octanol–water partition coefficient (Wildman–Crippen LogP) is 1.24. The molecule has 0 aliphatic rings. The van der Waals surface area contributed by atoms with E-state index in [1.165, 1.54) is 32.3 Å². The smallest absolute Gasteiger partial charge is 0.340 e. The molecule has 10 nitrogen and oxygen atoms in total. The molecule has 0 fully saturated rings. The van der Waals surface area contributed by atoms with E-state index in [0.29, 0.717) is 16.6 Å². The van der Waals surface area contributed by atoms with Crippen LogP contribution in [0.25, 0.3) is 10.9 Å². The van der Waals surface area contributed by atoms with Gasteiger partial charge in [0.25, 0.3) is 5.56 Å². The summed E-state index contributed by atoms with van der Waals surface area (Å²) in [5.74, 6) is -0.652. The lowest BCUT2D eigenvalue weighted by molar-refractivity contribution is 0.0463. The third kappa shape index (κ3) is 4.79. The number of carbonyl (C=O) groups excluding carboxylic acids is 1. The zero-order chi connectivity index (χ0) is 23.5. The maximum absolute atomic E-state index is 12.8. The van der Waals surface area contributed by atoms with Crippen molar-refractivity contribution in [3.05, 3.63) is 63.7 Å². The minimum Gasteiger partial charge on any atom is -0.454 e. The number of aliphatic hydroxyl groups is 1. The number of nitrogens with zero attached hydrogens (tertiary/aromatic N) is 2. The molecular weight excluding hydrogens is 436 g/mol. The van der Waals surface area contributed by atoms with Crippen LogP contribution in [0.15, 0.2) is 46.1 Å². The summed E-state index contributed by atoms with van der Waals surface area (Å²) in [4.78, 5) is 32.0. The number of nitrogens with one attached hydrogen (secondary N) is 2. The van der Waals surface area contributed by atoms with E-state index in [1.807, 2.05) is 13.0 Å². The Morgan fingerprint density at radius 3 is 2.69 bits per heavy atom. The lowest BCUT2D eigenvalue weighted by atomic mass is 10.1. The fraction of sp³-hybridized carbons (Fsp3) is 0.286. The van der Waals surface area contributed by atoms with E-state index >= 15 is 0 Å². The Hall–Kier alpha value is -3.28. The third-order valence-electron chi connectivity index (χ3n) is 4.74. The number of sulfonamides is 1. The summed E-state index contributed by atoms with van der Waals surface area (Å²) in [5.41, 5.74) is 1.23. The summed E-state index contributed by atoms with van der Waals surface area (Å²) in [6.45, 7) is 1.47. The molecule has 0 saturated carbocycles. The molecule has 0 saturated heterocycles. The van der Waals surface area contributed by atoms with E-state index in [0.717, 1.165) is 9.87 Å². The second-order valence-corrected chi connectivity index (χ2v) is 9.36. The van der Waals surface area contributed by atoms with E-state index in [4.69, 9.17) is 9.84 Å². The second-order valence-electron chi connectivity index (χ2n) is 7.21. The standard InChI is InChI=1S/C21H24N4O6S/c1-13-5-4-6-15-19(13)23-18(24-20(15)27)12-31-21(28)16-11-14(32(29,30)25(2)3)7-8-17(16)22-9-10-26/h4-8,11,22,26H,9-10,12H2,1-3H3,(H,23,24,27). The average molecular weight is 461 g/mol. The highest BCUT2D eigenvalue weighted by molar-refractivity contribution is 7.89. The van der Waals surface area contributed by atoms with Gasteiger partial charge in [0.1, 0.15) is 12.4 Å². The Balaban J connectivity index is 1.92. The van der Waals surface area contributed by atoms with E-state index in [-0.39, 0.29) is 41.6 Å². The number of aryl methyl sites for hydroxylation is 1. The van der Waals surface area contributed by atoms with Crippen molar-refractivity contribution in [1.82, 2.24) is 14.3 Å². The molecule has 0 radical (unpaired) electrons. The highest BCUT2D eigenvalue weighted by Crippen LogP contribution is 2.23. The topological polar surface area (TPSA) is 142 Å². The van der Waals surface area contributed by atoms with Crippen molar-refractivity contribution >= 4 is 32.6 Å². The van der Waals surface area contributed by atoms with Gasteiger partial charge in [-0.05, 0) is 36.8 Å². The van der Waals surface area contributed by atoms with Crippen LogP contribution in [0.1, 0.15) is 21.7 Å². The summed E-state index contributed by atoms with van der Waals surface area (Å²) >= 11 is 0. The normalized spacial score (nSPS) is 11.7. The van der Waals surface area contributed by atoms with Gasteiger partial charge in [0.2, 0.25) is 10.0 Å². The summed E-state index contributed by atoms with van der Waals surface area (Å²) in [6.07, 6.45) is 0. The van der Waals surface area contributed by atoms with Crippen LogP contribution in [0.2, 0.25) is 0 Å². The third-order valence-corrected chi connectivity index (χ3v) is 6.55. The highest BCUT2D eigenvalue weighted by atomic mass is 32.2. The fourth-order valence-electron chi connectivity index (χ4n) is 3.04. The molecule has 3 aromatic rings. The number of fused-ring (bicyclic) bond motifs is 1. The maximum Gasteiger partial charge on any atom is 0.340 e. The predicted molar refractivity (Wildman–Crippen MR) is 119 cm³/mol. The van der Waals surface area contributed by atoms with Crippen molar-refractivity contribution < 1.29 is 23.1 Å². The van der Waals surface area contributed by atoms with Crippen LogP contribution in [0.4, 0.5) is 5.69 Å². The minimum atomic E-state index is -3.78. The van der Waals surface area contributed by atoms with Crippen molar-refractivity contribution in [1.29, 1.82) is 0 Å². The summed E-state index contributed by atoms with van der Waals surface area (Å²) in [5, 5.41) is 12.4. The van der Waals surface area contributed by atoms with Crippen molar-refractivity contribution in [2.75, 3.05) is 32.6 Å². The lowest BCUT2D eigenvalue weighted by Gasteiger charge is -2.15. The average Bonchev–Trinajstić information content (AvgIpc) is 2.76. The largest absolute Gasteiger partial charge is 0.454 e. The molecule has 11 heteroatoms. The molecular formula is C21H24N4O6S. The number of aromatic nitrogens is 2. The molecule has 0 aliphatic carbocycles. The first-order valence-corrected chi connectivity index (χ1v) is 11.2. The highest BCUT2D eigenvalue weighted by Gasteiger charge is 2.22. The van der Waals surface area contributed by atoms with Crippen LogP contribution in [0.5, 0.6) is 0 Å². The molecule has 0 aliphatic heterocycles. The molecule has 3 rings (SSSR count). The Morgan fingerprint density at radius 1 is 1.25 bits per heavy atom. The first-order valence-electron chi connectivity index (χ1n) is 9.72. The van der Waals surface area contributed by atoms with Gasteiger partial charge >= 0.3 is 5.97 Å². The fourth-order valence-corrected chi connectivity index (χ4v) is 3.97. The molecule has 0 unspecified atom stereocenters. The van der Waals surface area contributed by atoms with Gasteiger partial charge in [-0.25, -0.2) is 22.5 Å². The van der Waals surface area contributed by atoms with Gasteiger partial charge in [0.05, 0.1) is 28.0 Å². The Morgan fingerprint density at radius 2 is 2.00 bits per heavy atom. The molecule has 0 amide bonds. The lowest BCUT2D eigenvalue weighted by Crippen LogP contribution is -2.23.